The number of alkyl halides is 2. The lowest BCUT2D eigenvalue weighted by atomic mass is 9.81. The normalized spacial score (nSPS) is 25.6. The number of urea groups is 1. The number of nitrogens with zero attached hydrogens (tertiary/aromatic N) is 1. The van der Waals surface area contributed by atoms with E-state index in [2.05, 4.69) is 10.1 Å². The largest absolute Gasteiger partial charge is 0.481 e. The number of carboxylic acids is 1. The molecule has 2 aliphatic rings. The van der Waals surface area contributed by atoms with Gasteiger partial charge in [0.25, 0.3) is 0 Å². The molecule has 6 nitrogen and oxygen atoms in total. The number of fused-ring (bicyclic) bond motifs is 1. The fourth-order valence-electron chi connectivity index (χ4n) is 3.75. The van der Waals surface area contributed by atoms with Gasteiger partial charge in [0, 0.05) is 24.8 Å². The van der Waals surface area contributed by atoms with E-state index in [0.717, 1.165) is 12.8 Å². The van der Waals surface area contributed by atoms with Crippen molar-refractivity contribution in [3.63, 3.8) is 0 Å². The van der Waals surface area contributed by atoms with Crippen LogP contribution in [-0.2, 0) is 4.79 Å². The number of carboxylic acid groups (broad SMARTS) is 1. The maximum absolute atomic E-state index is 12.4. The first-order chi connectivity index (χ1) is 11.4. The van der Waals surface area contributed by atoms with Crippen LogP contribution in [0.25, 0.3) is 0 Å². The number of ether oxygens (including phenoxy) is 1. The van der Waals surface area contributed by atoms with E-state index in [-0.39, 0.29) is 18.2 Å². The minimum atomic E-state index is -2.94. The number of carbonyl (C=O) groups excluding carboxylic acids is 1. The fourth-order valence-corrected chi connectivity index (χ4v) is 3.75. The highest BCUT2D eigenvalue weighted by atomic mass is 19.3. The van der Waals surface area contributed by atoms with Crippen LogP contribution in [0.4, 0.5) is 19.3 Å². The number of halogens is 2. The first-order valence-electron chi connectivity index (χ1n) is 7.75. The molecule has 3 rings (SSSR count). The SMILES string of the molecule is O=C(Nc1cccc(OC(F)F)c1)N1C[C@@H]2CCC[C@@]2(C(=O)O)C1. The Kier molecular flexibility index (Phi) is 4.29. The van der Waals surface area contributed by atoms with E-state index in [1.807, 2.05) is 0 Å². The predicted octanol–water partition coefficient (Wildman–Crippen LogP) is 3.01. The van der Waals surface area contributed by atoms with E-state index >= 15 is 0 Å². The highest BCUT2D eigenvalue weighted by molar-refractivity contribution is 5.90. The Labute approximate surface area is 137 Å². The van der Waals surface area contributed by atoms with Crippen molar-refractivity contribution >= 4 is 17.7 Å². The first kappa shape index (κ1) is 16.5. The monoisotopic (exact) mass is 340 g/mol. The van der Waals surface area contributed by atoms with Gasteiger partial charge in [-0.2, -0.15) is 8.78 Å². The topological polar surface area (TPSA) is 78.9 Å². The van der Waals surface area contributed by atoms with E-state index in [0.29, 0.717) is 18.7 Å². The van der Waals surface area contributed by atoms with Crippen molar-refractivity contribution < 1.29 is 28.2 Å². The van der Waals surface area contributed by atoms with Gasteiger partial charge >= 0.3 is 18.6 Å². The summed E-state index contributed by atoms with van der Waals surface area (Å²) in [6.07, 6.45) is 2.24. The van der Waals surface area contributed by atoms with Gasteiger partial charge in [-0.15, -0.1) is 0 Å². The Morgan fingerprint density at radius 1 is 1.42 bits per heavy atom. The standard InChI is InChI=1S/C16H18F2N2O4/c17-14(18)24-12-5-1-4-11(7-12)19-15(23)20-8-10-3-2-6-16(10,9-20)13(21)22/h1,4-5,7,10,14H,2-3,6,8-9H2,(H,19,23)(H,21,22)/t10-,16+/m0/s1. The van der Waals surface area contributed by atoms with E-state index < -0.39 is 24.0 Å². The molecule has 2 N–H and O–H groups in total. The van der Waals surface area contributed by atoms with Gasteiger partial charge in [-0.25, -0.2) is 4.79 Å². The molecule has 2 atom stereocenters. The molecular formula is C16H18F2N2O4. The Morgan fingerprint density at radius 3 is 2.88 bits per heavy atom. The molecule has 0 aromatic heterocycles. The van der Waals surface area contributed by atoms with Crippen LogP contribution in [0, 0.1) is 11.3 Å². The number of rotatable bonds is 4. The summed E-state index contributed by atoms with van der Waals surface area (Å²) >= 11 is 0. The number of aliphatic carboxylic acids is 1. The third-order valence-corrected chi connectivity index (χ3v) is 4.89. The zero-order valence-electron chi connectivity index (χ0n) is 12.9. The Morgan fingerprint density at radius 2 is 2.21 bits per heavy atom. The number of anilines is 1. The molecule has 1 aliphatic heterocycles. The summed E-state index contributed by atoms with van der Waals surface area (Å²) in [4.78, 5) is 25.5. The molecule has 24 heavy (non-hydrogen) atoms. The quantitative estimate of drug-likeness (QED) is 0.883. The van der Waals surface area contributed by atoms with Crippen LogP contribution in [-0.4, -0.2) is 41.7 Å². The summed E-state index contributed by atoms with van der Waals surface area (Å²) in [6.45, 7) is -2.37. The summed E-state index contributed by atoms with van der Waals surface area (Å²) in [5.41, 5.74) is -0.530. The van der Waals surface area contributed by atoms with Crippen LogP contribution in [0.15, 0.2) is 24.3 Å². The van der Waals surface area contributed by atoms with Gasteiger partial charge < -0.3 is 20.1 Å². The van der Waals surface area contributed by atoms with Gasteiger partial charge in [-0.1, -0.05) is 12.5 Å². The van der Waals surface area contributed by atoms with Gasteiger partial charge in [0.2, 0.25) is 0 Å². The van der Waals surface area contributed by atoms with E-state index in [9.17, 15) is 23.5 Å². The molecule has 2 fully saturated rings. The zero-order chi connectivity index (χ0) is 17.3. The minimum Gasteiger partial charge on any atom is -0.481 e. The number of likely N-dealkylation sites (tertiary alicyclic amines) is 1. The fraction of sp³-hybridized carbons (Fsp3) is 0.500. The summed E-state index contributed by atoms with van der Waals surface area (Å²) < 4.78 is 28.8. The van der Waals surface area contributed by atoms with Gasteiger partial charge in [0.05, 0.1) is 5.41 Å². The number of nitrogens with one attached hydrogen (secondary N) is 1. The molecule has 0 unspecified atom stereocenters. The average Bonchev–Trinajstić information content (AvgIpc) is 3.04. The Balaban J connectivity index is 1.67. The maximum atomic E-state index is 12.4. The van der Waals surface area contributed by atoms with Crippen molar-refractivity contribution in [2.75, 3.05) is 18.4 Å². The van der Waals surface area contributed by atoms with Crippen LogP contribution in [0.3, 0.4) is 0 Å². The molecule has 1 saturated heterocycles. The Hall–Kier alpha value is -2.38. The summed E-state index contributed by atoms with van der Waals surface area (Å²) in [6, 6.07) is 5.28. The van der Waals surface area contributed by atoms with Crippen LogP contribution in [0.2, 0.25) is 0 Å². The first-order valence-corrected chi connectivity index (χ1v) is 7.75. The van der Waals surface area contributed by atoms with Gasteiger partial charge in [-0.05, 0) is 30.9 Å². The molecule has 1 saturated carbocycles. The molecule has 130 valence electrons. The maximum Gasteiger partial charge on any atom is 0.387 e. The van der Waals surface area contributed by atoms with Gasteiger partial charge in [0.15, 0.2) is 0 Å². The molecule has 1 heterocycles. The molecular weight excluding hydrogens is 322 g/mol. The van der Waals surface area contributed by atoms with E-state index in [1.54, 1.807) is 6.07 Å². The van der Waals surface area contributed by atoms with Crippen LogP contribution < -0.4 is 10.1 Å². The molecule has 2 amide bonds. The van der Waals surface area contributed by atoms with Gasteiger partial charge in [0.1, 0.15) is 5.75 Å². The minimum absolute atomic E-state index is 0.0331. The third kappa shape index (κ3) is 3.00. The number of benzene rings is 1. The average molecular weight is 340 g/mol. The Bertz CT molecular complexity index is 655. The summed E-state index contributed by atoms with van der Waals surface area (Å²) in [5, 5.41) is 12.1. The number of amides is 2. The molecule has 1 aromatic rings. The molecule has 0 spiro atoms. The smallest absolute Gasteiger partial charge is 0.387 e. The predicted molar refractivity (Wildman–Crippen MR) is 81.1 cm³/mol. The van der Waals surface area contributed by atoms with Crippen LogP contribution in [0.5, 0.6) is 5.75 Å². The second-order valence-electron chi connectivity index (χ2n) is 6.27. The number of hydrogen-bond donors (Lipinski definition) is 2. The summed E-state index contributed by atoms with van der Waals surface area (Å²) in [5.74, 6) is -0.940. The molecule has 0 bridgehead atoms. The van der Waals surface area contributed by atoms with Crippen molar-refractivity contribution in [1.82, 2.24) is 4.90 Å². The second kappa shape index (κ2) is 6.26. The highest BCUT2D eigenvalue weighted by Crippen LogP contribution is 2.48. The number of carbonyl (C=O) groups is 2. The van der Waals surface area contributed by atoms with Gasteiger partial charge in [-0.3, -0.25) is 4.79 Å². The van der Waals surface area contributed by atoms with E-state index in [4.69, 9.17) is 0 Å². The highest BCUT2D eigenvalue weighted by Gasteiger charge is 2.55. The van der Waals surface area contributed by atoms with Crippen molar-refractivity contribution in [2.24, 2.45) is 11.3 Å². The molecule has 1 aliphatic carbocycles. The second-order valence-corrected chi connectivity index (χ2v) is 6.27. The number of hydrogen-bond acceptors (Lipinski definition) is 3. The van der Waals surface area contributed by atoms with Crippen LogP contribution >= 0.6 is 0 Å². The zero-order valence-corrected chi connectivity index (χ0v) is 12.9. The molecule has 8 heteroatoms. The molecule has 1 aromatic carbocycles. The van der Waals surface area contributed by atoms with Crippen molar-refractivity contribution in [3.05, 3.63) is 24.3 Å². The van der Waals surface area contributed by atoms with Crippen LogP contribution in [0.1, 0.15) is 19.3 Å². The van der Waals surface area contributed by atoms with Crippen molar-refractivity contribution in [3.8, 4) is 5.75 Å². The summed E-state index contributed by atoms with van der Waals surface area (Å²) in [7, 11) is 0. The van der Waals surface area contributed by atoms with Crippen molar-refractivity contribution in [2.45, 2.75) is 25.9 Å². The lowest BCUT2D eigenvalue weighted by Crippen LogP contribution is -2.38. The lowest BCUT2D eigenvalue weighted by Gasteiger charge is -2.23. The van der Waals surface area contributed by atoms with E-state index in [1.165, 1.54) is 23.1 Å². The lowest BCUT2D eigenvalue weighted by molar-refractivity contribution is -0.149. The van der Waals surface area contributed by atoms with Crippen molar-refractivity contribution in [1.29, 1.82) is 0 Å². The third-order valence-electron chi connectivity index (χ3n) is 4.89. The molecule has 0 radical (unpaired) electrons.